The van der Waals surface area contributed by atoms with Crippen LogP contribution in [0.25, 0.3) is 0 Å². The van der Waals surface area contributed by atoms with Crippen molar-refractivity contribution in [3.8, 4) is 0 Å². The van der Waals surface area contributed by atoms with Crippen molar-refractivity contribution in [3.63, 3.8) is 0 Å². The highest BCUT2D eigenvalue weighted by Crippen LogP contribution is 2.19. The molecule has 0 saturated heterocycles. The first kappa shape index (κ1) is 46.6. The zero-order valence-electron chi connectivity index (χ0n) is 32.2. The van der Waals surface area contributed by atoms with Crippen molar-refractivity contribution < 1.29 is 14.1 Å². The largest absolute Gasteiger partial charge is 0.355 e. The number of quaternary nitrogens is 1. The standard InChI is InChI=1S/C39H80N4O2S2/c1-6-8-10-12-14-16-18-20-22-24-32-42(3)33-26-28-38(44)40-30-36-46-47-37-31-41-39(45)29-27-35-43(4,5)34-25-23-21-19-17-15-13-11-9-7-2/h6-37H2,1-5H3,(H-,40,41,44,45)/p+1. The van der Waals surface area contributed by atoms with Crippen LogP contribution >= 0.6 is 21.6 Å². The molecule has 0 spiro atoms. The fourth-order valence-corrected chi connectivity index (χ4v) is 7.87. The Balaban J connectivity index is 3.50. The number of amides is 2. The zero-order chi connectivity index (χ0) is 34.7. The molecule has 0 fully saturated rings. The van der Waals surface area contributed by atoms with Crippen LogP contribution in [0.5, 0.6) is 0 Å². The number of unbranched alkanes of at least 4 members (excludes halogenated alkanes) is 18. The van der Waals surface area contributed by atoms with Gasteiger partial charge in [0.1, 0.15) is 0 Å². The van der Waals surface area contributed by atoms with E-state index in [4.69, 9.17) is 0 Å². The van der Waals surface area contributed by atoms with Gasteiger partial charge in [-0.1, -0.05) is 145 Å². The summed E-state index contributed by atoms with van der Waals surface area (Å²) in [5, 5.41) is 6.13. The Bertz CT molecular complexity index is 696. The van der Waals surface area contributed by atoms with Gasteiger partial charge >= 0.3 is 0 Å². The minimum Gasteiger partial charge on any atom is -0.355 e. The molecule has 2 amide bonds. The highest BCUT2D eigenvalue weighted by molar-refractivity contribution is 8.76. The summed E-state index contributed by atoms with van der Waals surface area (Å²) in [5.41, 5.74) is 0. The minimum atomic E-state index is 0.167. The van der Waals surface area contributed by atoms with E-state index in [0.717, 1.165) is 48.5 Å². The van der Waals surface area contributed by atoms with Crippen LogP contribution < -0.4 is 10.6 Å². The van der Waals surface area contributed by atoms with Crippen molar-refractivity contribution >= 4 is 33.4 Å². The number of carbonyl (C=O) groups excluding carboxylic acids is 2. The molecule has 0 rings (SSSR count). The summed E-state index contributed by atoms with van der Waals surface area (Å²) >= 11 is 0. The average molecular weight is 702 g/mol. The Kier molecular flexibility index (Phi) is 35.1. The van der Waals surface area contributed by atoms with Crippen molar-refractivity contribution in [2.75, 3.05) is 71.9 Å². The highest BCUT2D eigenvalue weighted by Gasteiger charge is 2.15. The van der Waals surface area contributed by atoms with Gasteiger partial charge in [-0.3, -0.25) is 9.59 Å². The van der Waals surface area contributed by atoms with E-state index in [9.17, 15) is 9.59 Å². The normalized spacial score (nSPS) is 11.8. The molecule has 0 atom stereocenters. The summed E-state index contributed by atoms with van der Waals surface area (Å²) in [5.74, 6) is 2.14. The number of nitrogens with zero attached hydrogens (tertiary/aromatic N) is 2. The van der Waals surface area contributed by atoms with E-state index in [2.05, 4.69) is 50.5 Å². The number of nitrogens with one attached hydrogen (secondary N) is 2. The lowest BCUT2D eigenvalue weighted by molar-refractivity contribution is -0.890. The van der Waals surface area contributed by atoms with Crippen LogP contribution in [0.3, 0.4) is 0 Å². The second-order valence-corrected chi connectivity index (χ2v) is 17.3. The topological polar surface area (TPSA) is 61.4 Å². The third-order valence-corrected chi connectivity index (χ3v) is 11.6. The number of hydrogen-bond acceptors (Lipinski definition) is 5. The third kappa shape index (κ3) is 36.7. The Labute approximate surface area is 301 Å². The highest BCUT2D eigenvalue weighted by atomic mass is 33.1. The molecule has 6 nitrogen and oxygen atoms in total. The number of hydrogen-bond donors (Lipinski definition) is 2. The van der Waals surface area contributed by atoms with Crippen LogP contribution in [0.1, 0.15) is 168 Å². The van der Waals surface area contributed by atoms with Crippen LogP contribution in [0, 0.1) is 0 Å². The second-order valence-electron chi connectivity index (χ2n) is 14.6. The first-order valence-corrected chi connectivity index (χ1v) is 22.6. The first-order chi connectivity index (χ1) is 22.8. The summed E-state index contributed by atoms with van der Waals surface area (Å²) < 4.78 is 1.02. The van der Waals surface area contributed by atoms with E-state index < -0.39 is 0 Å². The quantitative estimate of drug-likeness (QED) is 0.0384. The fraction of sp³-hybridized carbons (Fsp3) is 0.949. The Morgan fingerprint density at radius 2 is 0.872 bits per heavy atom. The van der Waals surface area contributed by atoms with E-state index in [1.54, 1.807) is 21.6 Å². The van der Waals surface area contributed by atoms with Gasteiger partial charge < -0.3 is 20.0 Å². The van der Waals surface area contributed by atoms with Gasteiger partial charge in [-0.15, -0.1) is 0 Å². The second kappa shape index (κ2) is 35.4. The van der Waals surface area contributed by atoms with Gasteiger partial charge in [-0.2, -0.15) is 0 Å². The molecule has 0 saturated carbocycles. The molecule has 0 radical (unpaired) electrons. The molecule has 0 aromatic rings. The van der Waals surface area contributed by atoms with Crippen molar-refractivity contribution in [2.45, 2.75) is 168 Å². The first-order valence-electron chi connectivity index (χ1n) is 20.1. The van der Waals surface area contributed by atoms with E-state index in [1.165, 1.54) is 135 Å². The van der Waals surface area contributed by atoms with Crippen LogP contribution in [0.2, 0.25) is 0 Å². The average Bonchev–Trinajstić information content (AvgIpc) is 3.04. The predicted octanol–water partition coefficient (Wildman–Crippen LogP) is 10.0. The fourth-order valence-electron chi connectivity index (χ4n) is 6.06. The molecule has 0 unspecified atom stereocenters. The lowest BCUT2D eigenvalue weighted by atomic mass is 10.1. The lowest BCUT2D eigenvalue weighted by Gasteiger charge is -2.29. The van der Waals surface area contributed by atoms with E-state index in [-0.39, 0.29) is 11.8 Å². The Hall–Kier alpha value is -0.440. The molecule has 8 heteroatoms. The number of rotatable bonds is 37. The summed E-state index contributed by atoms with van der Waals surface area (Å²) in [4.78, 5) is 26.8. The lowest BCUT2D eigenvalue weighted by Crippen LogP contribution is -2.41. The SMILES string of the molecule is CCCCCCCCCCCCN(C)CCCC(=O)NCCSSCCNC(=O)CCC[N+](C)(C)CCCCCCCCCCCC. The van der Waals surface area contributed by atoms with E-state index in [1.807, 2.05) is 0 Å². The third-order valence-electron chi connectivity index (χ3n) is 9.22. The van der Waals surface area contributed by atoms with E-state index in [0.29, 0.717) is 25.9 Å². The molecule has 2 N–H and O–H groups in total. The zero-order valence-corrected chi connectivity index (χ0v) is 33.8. The van der Waals surface area contributed by atoms with Crippen LogP contribution in [0.4, 0.5) is 0 Å². The van der Waals surface area contributed by atoms with Crippen LogP contribution in [-0.4, -0.2) is 93.1 Å². The molecule has 0 aliphatic rings. The van der Waals surface area contributed by atoms with Crippen LogP contribution in [-0.2, 0) is 9.59 Å². The predicted molar refractivity (Wildman–Crippen MR) is 212 cm³/mol. The monoisotopic (exact) mass is 702 g/mol. The van der Waals surface area contributed by atoms with Crippen molar-refractivity contribution in [1.82, 2.24) is 15.5 Å². The molecule has 0 aromatic heterocycles. The number of carbonyl (C=O) groups is 2. The molecule has 0 heterocycles. The summed E-state index contributed by atoms with van der Waals surface area (Å²) in [6.45, 7) is 10.4. The molecule has 0 aliphatic carbocycles. The molecule has 0 aromatic carbocycles. The van der Waals surface area contributed by atoms with Gasteiger partial charge in [0.05, 0.1) is 27.2 Å². The summed E-state index contributed by atoms with van der Waals surface area (Å²) in [7, 11) is 10.3. The Morgan fingerprint density at radius 1 is 0.511 bits per heavy atom. The molecular weight excluding hydrogens is 621 g/mol. The molecule has 280 valence electrons. The van der Waals surface area contributed by atoms with Gasteiger partial charge in [0.15, 0.2) is 0 Å². The molecule has 0 aliphatic heterocycles. The molecular formula is C39H81N4O2S2+. The van der Waals surface area contributed by atoms with E-state index >= 15 is 0 Å². The Morgan fingerprint density at radius 3 is 1.34 bits per heavy atom. The molecule has 0 bridgehead atoms. The summed E-state index contributed by atoms with van der Waals surface area (Å²) in [6, 6.07) is 0. The van der Waals surface area contributed by atoms with Gasteiger partial charge in [0, 0.05) is 43.9 Å². The maximum absolute atomic E-state index is 12.3. The van der Waals surface area contributed by atoms with Gasteiger partial charge in [0.25, 0.3) is 0 Å². The maximum atomic E-state index is 12.3. The van der Waals surface area contributed by atoms with Gasteiger partial charge in [-0.25, -0.2) is 0 Å². The van der Waals surface area contributed by atoms with Gasteiger partial charge in [0.2, 0.25) is 11.8 Å². The smallest absolute Gasteiger partial charge is 0.220 e. The van der Waals surface area contributed by atoms with Crippen LogP contribution in [0.15, 0.2) is 0 Å². The molecule has 47 heavy (non-hydrogen) atoms. The van der Waals surface area contributed by atoms with Gasteiger partial charge in [-0.05, 0) is 45.8 Å². The minimum absolute atomic E-state index is 0.167. The van der Waals surface area contributed by atoms with Crippen molar-refractivity contribution in [2.24, 2.45) is 0 Å². The van der Waals surface area contributed by atoms with Crippen molar-refractivity contribution in [3.05, 3.63) is 0 Å². The van der Waals surface area contributed by atoms with Crippen molar-refractivity contribution in [1.29, 1.82) is 0 Å². The summed E-state index contributed by atoms with van der Waals surface area (Å²) in [6.07, 6.45) is 30.7. The maximum Gasteiger partial charge on any atom is 0.220 e.